The number of nitrogens with one attached hydrogen (secondary N) is 2. The Bertz CT molecular complexity index is 1240. The van der Waals surface area contributed by atoms with E-state index in [0.29, 0.717) is 34.3 Å². The number of aromatic nitrogens is 4. The van der Waals surface area contributed by atoms with Crippen LogP contribution in [0.1, 0.15) is 25.5 Å². The van der Waals surface area contributed by atoms with Gasteiger partial charge < -0.3 is 15.0 Å². The van der Waals surface area contributed by atoms with Crippen LogP contribution in [0.25, 0.3) is 27.7 Å². The molecule has 0 aliphatic carbocycles. The third-order valence-electron chi connectivity index (χ3n) is 5.34. The van der Waals surface area contributed by atoms with Crippen LogP contribution in [-0.2, 0) is 5.54 Å². The molecule has 142 valence electrons. The molecular weight excluding hydrogens is 357 g/mol. The van der Waals surface area contributed by atoms with Crippen molar-refractivity contribution in [3.8, 4) is 22.6 Å². The number of halogens is 1. The smallest absolute Gasteiger partial charge is 0.162 e. The molecule has 3 heterocycles. The molecule has 0 unspecified atom stereocenters. The van der Waals surface area contributed by atoms with E-state index in [1.807, 2.05) is 55.8 Å². The Morgan fingerprint density at radius 3 is 2.75 bits per heavy atom. The number of ether oxygens (including phenoxy) is 1. The zero-order valence-electron chi connectivity index (χ0n) is 16.1. The number of aromatic amines is 1. The van der Waals surface area contributed by atoms with Crippen LogP contribution in [0.4, 0.5) is 10.1 Å². The Morgan fingerprint density at radius 2 is 1.96 bits per heavy atom. The van der Waals surface area contributed by atoms with Gasteiger partial charge in [0.05, 0.1) is 18.3 Å². The third-order valence-corrected chi connectivity index (χ3v) is 5.34. The summed E-state index contributed by atoms with van der Waals surface area (Å²) < 4.78 is 23.1. The zero-order valence-corrected chi connectivity index (χ0v) is 16.1. The van der Waals surface area contributed by atoms with Crippen LogP contribution in [0, 0.1) is 12.7 Å². The summed E-state index contributed by atoms with van der Waals surface area (Å²) in [4.78, 5) is 3.20. The molecule has 1 aliphatic rings. The molecule has 28 heavy (non-hydrogen) atoms. The second-order valence-electron chi connectivity index (χ2n) is 7.56. The van der Waals surface area contributed by atoms with Gasteiger partial charge in [0.25, 0.3) is 0 Å². The van der Waals surface area contributed by atoms with Crippen LogP contribution in [0.3, 0.4) is 0 Å². The maximum atomic E-state index is 15.4. The first-order valence-corrected chi connectivity index (χ1v) is 9.10. The van der Waals surface area contributed by atoms with Gasteiger partial charge in [-0.1, -0.05) is 12.1 Å². The molecule has 2 aromatic heterocycles. The lowest BCUT2D eigenvalue weighted by Gasteiger charge is -2.35. The molecule has 4 aromatic rings. The highest BCUT2D eigenvalue weighted by Crippen LogP contribution is 2.48. The van der Waals surface area contributed by atoms with Crippen LogP contribution in [-0.4, -0.2) is 26.9 Å². The fourth-order valence-electron chi connectivity index (χ4n) is 4.08. The number of nitrogens with zero attached hydrogens (tertiary/aromatic N) is 3. The molecule has 2 aromatic carbocycles. The molecule has 0 amide bonds. The van der Waals surface area contributed by atoms with Gasteiger partial charge in [0.2, 0.25) is 0 Å². The molecule has 0 bridgehead atoms. The monoisotopic (exact) mass is 377 g/mol. The van der Waals surface area contributed by atoms with E-state index in [4.69, 9.17) is 4.74 Å². The average Bonchev–Trinajstić information content (AvgIpc) is 3.29. The lowest BCUT2D eigenvalue weighted by Crippen LogP contribution is -2.36. The maximum Gasteiger partial charge on any atom is 0.162 e. The zero-order chi connectivity index (χ0) is 19.6. The van der Waals surface area contributed by atoms with E-state index < -0.39 is 5.54 Å². The molecule has 2 N–H and O–H groups in total. The van der Waals surface area contributed by atoms with E-state index in [1.165, 1.54) is 6.07 Å². The Morgan fingerprint density at radius 1 is 1.14 bits per heavy atom. The standard InChI is InChI=1S/C21H20FN5O/c1-11-25-26-20-21(2,3)24-17-15(22)10-14(19(28-4)18(17)27(11)20)12-6-5-7-16-13(12)8-9-23-16/h5-10,23-24H,1-4H3. The van der Waals surface area contributed by atoms with Crippen molar-refractivity contribution < 1.29 is 9.13 Å². The third kappa shape index (κ3) is 2.13. The Labute approximate surface area is 161 Å². The number of fused-ring (bicyclic) bond motifs is 4. The number of aryl methyl sites for hydroxylation is 1. The van der Waals surface area contributed by atoms with E-state index in [-0.39, 0.29) is 5.82 Å². The van der Waals surface area contributed by atoms with Gasteiger partial charge in [-0.2, -0.15) is 0 Å². The van der Waals surface area contributed by atoms with E-state index in [9.17, 15) is 0 Å². The average molecular weight is 377 g/mol. The van der Waals surface area contributed by atoms with E-state index in [1.54, 1.807) is 7.11 Å². The van der Waals surface area contributed by atoms with E-state index in [0.717, 1.165) is 16.5 Å². The summed E-state index contributed by atoms with van der Waals surface area (Å²) in [7, 11) is 1.60. The van der Waals surface area contributed by atoms with Crippen molar-refractivity contribution in [1.29, 1.82) is 0 Å². The first-order valence-electron chi connectivity index (χ1n) is 9.10. The van der Waals surface area contributed by atoms with E-state index >= 15 is 4.39 Å². The van der Waals surface area contributed by atoms with Crippen LogP contribution in [0.5, 0.6) is 5.75 Å². The number of methoxy groups -OCH3 is 1. The van der Waals surface area contributed by atoms with Crippen molar-refractivity contribution in [2.45, 2.75) is 26.3 Å². The van der Waals surface area contributed by atoms with Gasteiger partial charge in [0.1, 0.15) is 17.3 Å². The number of hydrogen-bond donors (Lipinski definition) is 2. The minimum Gasteiger partial charge on any atom is -0.494 e. The molecule has 0 fully saturated rings. The first kappa shape index (κ1) is 16.8. The van der Waals surface area contributed by atoms with Gasteiger partial charge in [-0.05, 0) is 44.5 Å². The SMILES string of the molecule is COc1c(-c2cccc3[nH]ccc23)cc(F)c2c1-n1c(C)nnc1C(C)(C)N2. The topological polar surface area (TPSA) is 67.8 Å². The lowest BCUT2D eigenvalue weighted by molar-refractivity contribution is 0.409. The fourth-order valence-corrected chi connectivity index (χ4v) is 4.08. The molecule has 0 radical (unpaired) electrons. The van der Waals surface area contributed by atoms with Crippen molar-refractivity contribution in [3.63, 3.8) is 0 Å². The highest BCUT2D eigenvalue weighted by Gasteiger charge is 2.38. The predicted molar refractivity (Wildman–Crippen MR) is 107 cm³/mol. The largest absolute Gasteiger partial charge is 0.494 e. The van der Waals surface area contributed by atoms with Gasteiger partial charge in [-0.25, -0.2) is 4.39 Å². The van der Waals surface area contributed by atoms with Crippen molar-refractivity contribution in [3.05, 3.63) is 54.0 Å². The van der Waals surface area contributed by atoms with Crippen molar-refractivity contribution in [2.75, 3.05) is 12.4 Å². The van der Waals surface area contributed by atoms with Crippen molar-refractivity contribution in [1.82, 2.24) is 19.7 Å². The summed E-state index contributed by atoms with van der Waals surface area (Å²) in [5.74, 6) is 1.63. The predicted octanol–water partition coefficient (Wildman–Crippen LogP) is 4.53. The summed E-state index contributed by atoms with van der Waals surface area (Å²) in [6, 6.07) is 9.43. The first-order chi connectivity index (χ1) is 13.4. The van der Waals surface area contributed by atoms with Gasteiger partial charge in [-0.3, -0.25) is 4.57 Å². The molecular formula is C21H20FN5O. The Balaban J connectivity index is 1.89. The van der Waals surface area contributed by atoms with Crippen LogP contribution < -0.4 is 10.1 Å². The molecule has 0 spiro atoms. The normalized spacial score (nSPS) is 14.5. The number of benzene rings is 2. The highest BCUT2D eigenvalue weighted by atomic mass is 19.1. The molecule has 5 rings (SSSR count). The van der Waals surface area contributed by atoms with Crippen molar-refractivity contribution in [2.24, 2.45) is 0 Å². The number of anilines is 1. The summed E-state index contributed by atoms with van der Waals surface area (Å²) in [6.07, 6.45) is 1.88. The maximum absolute atomic E-state index is 15.4. The van der Waals surface area contributed by atoms with Crippen LogP contribution in [0.2, 0.25) is 0 Å². The summed E-state index contributed by atoms with van der Waals surface area (Å²) in [5.41, 5.74) is 2.99. The summed E-state index contributed by atoms with van der Waals surface area (Å²) in [6.45, 7) is 5.77. The Kier molecular flexibility index (Phi) is 3.34. The number of hydrogen-bond acceptors (Lipinski definition) is 4. The molecule has 7 heteroatoms. The second kappa shape index (κ2) is 5.58. The molecule has 1 aliphatic heterocycles. The Hall–Kier alpha value is -3.35. The van der Waals surface area contributed by atoms with E-state index in [2.05, 4.69) is 20.5 Å². The second-order valence-corrected chi connectivity index (χ2v) is 7.56. The fraction of sp³-hybridized carbons (Fsp3) is 0.238. The lowest BCUT2D eigenvalue weighted by atomic mass is 9.95. The molecule has 6 nitrogen and oxygen atoms in total. The number of rotatable bonds is 2. The van der Waals surface area contributed by atoms with Crippen LogP contribution in [0.15, 0.2) is 36.5 Å². The quantitative estimate of drug-likeness (QED) is 0.538. The van der Waals surface area contributed by atoms with Gasteiger partial charge in [0, 0.05) is 22.7 Å². The van der Waals surface area contributed by atoms with Gasteiger partial charge in [-0.15, -0.1) is 10.2 Å². The highest BCUT2D eigenvalue weighted by molar-refractivity contribution is 5.98. The van der Waals surface area contributed by atoms with Gasteiger partial charge >= 0.3 is 0 Å². The van der Waals surface area contributed by atoms with Crippen molar-refractivity contribution >= 4 is 16.6 Å². The summed E-state index contributed by atoms with van der Waals surface area (Å²) >= 11 is 0. The minimum absolute atomic E-state index is 0.342. The molecule has 0 atom stereocenters. The van der Waals surface area contributed by atoms with Gasteiger partial charge in [0.15, 0.2) is 11.6 Å². The number of H-pyrrole nitrogens is 1. The molecule has 0 saturated carbocycles. The molecule has 0 saturated heterocycles. The van der Waals surface area contributed by atoms with Crippen LogP contribution >= 0.6 is 0 Å². The minimum atomic E-state index is -0.567. The summed E-state index contributed by atoms with van der Waals surface area (Å²) in [5, 5.41) is 12.8.